The van der Waals surface area contributed by atoms with Crippen LogP contribution in [0.3, 0.4) is 0 Å². The summed E-state index contributed by atoms with van der Waals surface area (Å²) in [6, 6.07) is 0. The second-order valence-corrected chi connectivity index (χ2v) is 3.66. The van der Waals surface area contributed by atoms with Crippen LogP contribution in [-0.2, 0) is 0 Å². The van der Waals surface area contributed by atoms with Gasteiger partial charge >= 0.3 is 0 Å². The summed E-state index contributed by atoms with van der Waals surface area (Å²) in [4.78, 5) is 1.92. The summed E-state index contributed by atoms with van der Waals surface area (Å²) in [6.45, 7) is 4.91. The van der Waals surface area contributed by atoms with Crippen LogP contribution >= 0.6 is 0 Å². The van der Waals surface area contributed by atoms with Gasteiger partial charge in [-0.3, -0.25) is 10.2 Å². The van der Waals surface area contributed by atoms with Gasteiger partial charge in [-0.2, -0.15) is 0 Å². The van der Waals surface area contributed by atoms with Crippen molar-refractivity contribution in [3.8, 4) is 0 Å². The molecule has 6 heteroatoms. The smallest absolute Gasteiger partial charge is 0.117 e. The maximum Gasteiger partial charge on any atom is 0.117 e. The monoisotopic (exact) mass is 220 g/mol. The lowest BCUT2D eigenvalue weighted by Crippen LogP contribution is -2.46. The van der Waals surface area contributed by atoms with Crippen molar-refractivity contribution in [2.24, 2.45) is 11.5 Å². The highest BCUT2D eigenvalue weighted by Gasteiger charge is 2.12. The molecule has 0 bridgehead atoms. The Labute approximate surface area is 91.2 Å². The normalized spacial score (nSPS) is 15.6. The Kier molecular flexibility index (Phi) is 8.88. The molecule has 0 saturated carbocycles. The molecule has 15 heavy (non-hydrogen) atoms. The van der Waals surface area contributed by atoms with Gasteiger partial charge in [0.25, 0.3) is 0 Å². The van der Waals surface area contributed by atoms with Gasteiger partial charge < -0.3 is 21.7 Å². The molecule has 0 aliphatic rings. The molecule has 7 N–H and O–H groups in total. The first-order valence-electron chi connectivity index (χ1n) is 5.32. The molecule has 0 spiro atoms. The van der Waals surface area contributed by atoms with Crippen LogP contribution in [0.1, 0.15) is 6.92 Å². The first-order valence-corrected chi connectivity index (χ1v) is 5.32. The van der Waals surface area contributed by atoms with Crippen molar-refractivity contribution >= 4 is 0 Å². The van der Waals surface area contributed by atoms with Crippen molar-refractivity contribution in [3.05, 3.63) is 0 Å². The van der Waals surface area contributed by atoms with Crippen LogP contribution < -0.4 is 16.8 Å². The summed E-state index contributed by atoms with van der Waals surface area (Å²) in [5.74, 6) is 0. The van der Waals surface area contributed by atoms with Crippen LogP contribution in [0.5, 0.6) is 0 Å². The van der Waals surface area contributed by atoms with E-state index in [4.69, 9.17) is 11.5 Å². The first kappa shape index (κ1) is 14.8. The third-order valence-electron chi connectivity index (χ3n) is 1.92. The fraction of sp³-hybridized carbons (Fsp3) is 1.00. The highest BCUT2D eigenvalue weighted by molar-refractivity contribution is 4.66. The van der Waals surface area contributed by atoms with E-state index in [0.717, 1.165) is 0 Å². The topological polar surface area (TPSA) is 108 Å². The van der Waals surface area contributed by atoms with Gasteiger partial charge in [0, 0.05) is 39.3 Å². The van der Waals surface area contributed by atoms with E-state index < -0.39 is 12.3 Å². The quantitative estimate of drug-likeness (QED) is 0.275. The second-order valence-electron chi connectivity index (χ2n) is 3.66. The van der Waals surface area contributed by atoms with Crippen molar-refractivity contribution in [3.63, 3.8) is 0 Å². The lowest BCUT2D eigenvalue weighted by atomic mass is 10.3. The third-order valence-corrected chi connectivity index (χ3v) is 1.92. The predicted molar refractivity (Wildman–Crippen MR) is 60.2 cm³/mol. The summed E-state index contributed by atoms with van der Waals surface area (Å²) in [5.41, 5.74) is 10.7. The van der Waals surface area contributed by atoms with Crippen LogP contribution in [0.2, 0.25) is 0 Å². The molecule has 6 nitrogen and oxygen atoms in total. The lowest BCUT2D eigenvalue weighted by molar-refractivity contribution is 0.0615. The number of rotatable bonds is 9. The van der Waals surface area contributed by atoms with Crippen molar-refractivity contribution in [1.29, 1.82) is 0 Å². The Morgan fingerprint density at radius 1 is 1.20 bits per heavy atom. The van der Waals surface area contributed by atoms with Gasteiger partial charge in [0.05, 0.1) is 6.10 Å². The number of nitrogens with two attached hydrogens (primary N) is 2. The van der Waals surface area contributed by atoms with Gasteiger partial charge in [-0.15, -0.1) is 0 Å². The molecule has 0 aliphatic carbocycles. The van der Waals surface area contributed by atoms with Crippen LogP contribution in [0, 0.1) is 0 Å². The van der Waals surface area contributed by atoms with Crippen molar-refractivity contribution < 1.29 is 10.2 Å². The molecule has 2 atom stereocenters. The van der Waals surface area contributed by atoms with Gasteiger partial charge in [-0.05, 0) is 6.92 Å². The lowest BCUT2D eigenvalue weighted by Gasteiger charge is -2.25. The number of aliphatic hydroxyl groups is 2. The molecule has 0 heterocycles. The van der Waals surface area contributed by atoms with Crippen LogP contribution in [-0.4, -0.2) is 66.7 Å². The fourth-order valence-electron chi connectivity index (χ4n) is 1.37. The van der Waals surface area contributed by atoms with E-state index in [1.165, 1.54) is 0 Å². The van der Waals surface area contributed by atoms with Gasteiger partial charge in [-0.1, -0.05) is 0 Å². The maximum absolute atomic E-state index is 9.56. The number of hydrogen-bond acceptors (Lipinski definition) is 6. The predicted octanol–water partition coefficient (Wildman–Crippen LogP) is -2.51. The minimum absolute atomic E-state index is 0.418. The average molecular weight is 220 g/mol. The SMILES string of the molecule is CC(O)CN(CCN)CC(O)NCCN. The molecule has 0 aromatic heterocycles. The van der Waals surface area contributed by atoms with E-state index >= 15 is 0 Å². The number of hydrogen-bond donors (Lipinski definition) is 5. The van der Waals surface area contributed by atoms with Gasteiger partial charge in [0.15, 0.2) is 0 Å². The maximum atomic E-state index is 9.56. The molecule has 0 aromatic carbocycles. The van der Waals surface area contributed by atoms with E-state index in [-0.39, 0.29) is 0 Å². The molecule has 0 amide bonds. The fourth-order valence-corrected chi connectivity index (χ4v) is 1.37. The Balaban J connectivity index is 3.81. The molecule has 0 aliphatic heterocycles. The van der Waals surface area contributed by atoms with Gasteiger partial charge in [-0.25, -0.2) is 0 Å². The van der Waals surface area contributed by atoms with Crippen molar-refractivity contribution in [2.75, 3.05) is 39.3 Å². The Hall–Kier alpha value is -0.240. The molecule has 0 aromatic rings. The molecule has 0 radical (unpaired) electrons. The van der Waals surface area contributed by atoms with Gasteiger partial charge in [0.2, 0.25) is 0 Å². The van der Waals surface area contributed by atoms with Crippen LogP contribution in [0.15, 0.2) is 0 Å². The number of nitrogens with zero attached hydrogens (tertiary/aromatic N) is 1. The molecular weight excluding hydrogens is 196 g/mol. The Morgan fingerprint density at radius 3 is 2.33 bits per heavy atom. The highest BCUT2D eigenvalue weighted by atomic mass is 16.3. The largest absolute Gasteiger partial charge is 0.392 e. The molecular formula is C9H24N4O2. The summed E-state index contributed by atoms with van der Waals surface area (Å²) >= 11 is 0. The molecule has 0 saturated heterocycles. The molecule has 0 rings (SSSR count). The van der Waals surface area contributed by atoms with Gasteiger partial charge in [0.1, 0.15) is 6.23 Å². The zero-order chi connectivity index (χ0) is 11.7. The van der Waals surface area contributed by atoms with Crippen LogP contribution in [0.4, 0.5) is 0 Å². The summed E-state index contributed by atoms with van der Waals surface area (Å²) in [6.07, 6.45) is -1.04. The number of nitrogens with one attached hydrogen (secondary N) is 1. The molecule has 92 valence electrons. The summed E-state index contributed by atoms with van der Waals surface area (Å²) in [7, 11) is 0. The van der Waals surface area contributed by atoms with E-state index in [2.05, 4.69) is 5.32 Å². The van der Waals surface area contributed by atoms with Crippen molar-refractivity contribution in [1.82, 2.24) is 10.2 Å². The third kappa shape index (κ3) is 8.73. The minimum atomic E-state index is -0.626. The van der Waals surface area contributed by atoms with E-state index in [1.807, 2.05) is 4.90 Å². The van der Waals surface area contributed by atoms with Crippen molar-refractivity contribution in [2.45, 2.75) is 19.3 Å². The first-order chi connectivity index (χ1) is 7.10. The molecule has 0 fully saturated rings. The zero-order valence-electron chi connectivity index (χ0n) is 9.39. The van der Waals surface area contributed by atoms with Crippen LogP contribution in [0.25, 0.3) is 0 Å². The Bertz CT molecular complexity index is 146. The molecule has 2 unspecified atom stereocenters. The standard InChI is InChI=1S/C9H24N4O2/c1-8(14)6-13(5-3-11)7-9(15)12-4-2-10/h8-9,12,14-15H,2-7,10-11H2,1H3. The van der Waals surface area contributed by atoms with E-state index in [9.17, 15) is 10.2 Å². The van der Waals surface area contributed by atoms with E-state index in [0.29, 0.717) is 39.3 Å². The highest BCUT2D eigenvalue weighted by Crippen LogP contribution is 1.93. The second kappa shape index (κ2) is 9.02. The number of aliphatic hydroxyl groups excluding tert-OH is 2. The van der Waals surface area contributed by atoms with E-state index in [1.54, 1.807) is 6.92 Å². The minimum Gasteiger partial charge on any atom is -0.392 e. The summed E-state index contributed by atoms with van der Waals surface area (Å²) < 4.78 is 0. The Morgan fingerprint density at radius 2 is 1.87 bits per heavy atom. The average Bonchev–Trinajstić information content (AvgIpc) is 2.14. The zero-order valence-corrected chi connectivity index (χ0v) is 9.39. The summed E-state index contributed by atoms with van der Waals surface area (Å²) in [5, 5.41) is 21.7.